The zero-order chi connectivity index (χ0) is 13.0. The number of rotatable bonds is 3. The second-order valence-electron chi connectivity index (χ2n) is 4.48. The van der Waals surface area contributed by atoms with Crippen molar-refractivity contribution in [2.24, 2.45) is 0 Å². The van der Waals surface area contributed by atoms with Gasteiger partial charge >= 0.3 is 0 Å². The van der Waals surface area contributed by atoms with Crippen molar-refractivity contribution in [3.63, 3.8) is 0 Å². The molecule has 0 aliphatic carbocycles. The van der Waals surface area contributed by atoms with Crippen molar-refractivity contribution in [1.29, 1.82) is 0 Å². The molecule has 0 fully saturated rings. The number of hydrogen-bond donors (Lipinski definition) is 0. The molecule has 0 atom stereocenters. The predicted molar refractivity (Wildman–Crippen MR) is 77.2 cm³/mol. The third kappa shape index (κ3) is 3.23. The fraction of sp³-hybridized carbons (Fsp3) is 0.188. The van der Waals surface area contributed by atoms with E-state index in [1.807, 2.05) is 42.5 Å². The molecule has 0 N–H and O–H groups in total. The van der Waals surface area contributed by atoms with E-state index in [1.54, 1.807) is 0 Å². The highest BCUT2D eigenvalue weighted by atomic mass is 32.2. The lowest BCUT2D eigenvalue weighted by atomic mass is 10.0. The van der Waals surface area contributed by atoms with Crippen LogP contribution in [-0.4, -0.2) is 5.12 Å². The van der Waals surface area contributed by atoms with Crippen molar-refractivity contribution in [1.82, 2.24) is 0 Å². The Morgan fingerprint density at radius 1 is 0.944 bits per heavy atom. The molecule has 0 aliphatic heterocycles. The lowest BCUT2D eigenvalue weighted by Gasteiger charge is -2.06. The molecule has 0 amide bonds. The van der Waals surface area contributed by atoms with Crippen LogP contribution in [0.25, 0.3) is 0 Å². The van der Waals surface area contributed by atoms with Gasteiger partial charge in [-0.25, -0.2) is 0 Å². The Morgan fingerprint density at radius 3 is 2.11 bits per heavy atom. The van der Waals surface area contributed by atoms with Crippen molar-refractivity contribution in [2.75, 3.05) is 0 Å². The molecule has 1 nitrogen and oxygen atoms in total. The summed E-state index contributed by atoms with van der Waals surface area (Å²) in [5, 5.41) is 0.0906. The van der Waals surface area contributed by atoms with E-state index in [1.165, 1.54) is 17.3 Å². The van der Waals surface area contributed by atoms with Gasteiger partial charge in [-0.3, -0.25) is 4.79 Å². The summed E-state index contributed by atoms with van der Waals surface area (Å²) in [7, 11) is 0. The van der Waals surface area contributed by atoms with Crippen LogP contribution in [0.4, 0.5) is 0 Å². The summed E-state index contributed by atoms with van der Waals surface area (Å²) in [6.45, 7) is 4.33. The molecule has 92 valence electrons. The zero-order valence-electron chi connectivity index (χ0n) is 10.6. The summed E-state index contributed by atoms with van der Waals surface area (Å²) in [6.07, 6.45) is 0. The fourth-order valence-electron chi connectivity index (χ4n) is 1.66. The van der Waals surface area contributed by atoms with E-state index in [0.717, 1.165) is 10.5 Å². The third-order valence-corrected chi connectivity index (χ3v) is 3.70. The fourth-order valence-corrected chi connectivity index (χ4v) is 2.40. The maximum Gasteiger partial charge on any atom is 0.224 e. The first-order valence-electron chi connectivity index (χ1n) is 6.04. The minimum Gasteiger partial charge on any atom is -0.281 e. The Hall–Kier alpha value is -1.54. The number of benzene rings is 2. The minimum absolute atomic E-state index is 0.0906. The molecule has 2 aromatic carbocycles. The lowest BCUT2D eigenvalue weighted by Crippen LogP contribution is -1.92. The molecule has 2 heteroatoms. The van der Waals surface area contributed by atoms with E-state index in [9.17, 15) is 4.79 Å². The van der Waals surface area contributed by atoms with Crippen LogP contribution in [0, 0.1) is 0 Å². The van der Waals surface area contributed by atoms with Gasteiger partial charge in [-0.15, -0.1) is 0 Å². The van der Waals surface area contributed by atoms with E-state index in [4.69, 9.17) is 0 Å². The number of carbonyl (C=O) groups excluding carboxylic acids is 1. The normalized spacial score (nSPS) is 10.6. The first kappa shape index (κ1) is 12.9. The molecule has 0 aliphatic rings. The molecular weight excluding hydrogens is 240 g/mol. The molecule has 0 saturated heterocycles. The summed E-state index contributed by atoms with van der Waals surface area (Å²) < 4.78 is 0. The number of thioether (sulfide) groups is 1. The van der Waals surface area contributed by atoms with Crippen molar-refractivity contribution in [3.8, 4) is 0 Å². The molecule has 18 heavy (non-hydrogen) atoms. The highest BCUT2D eigenvalue weighted by Crippen LogP contribution is 2.24. The number of hydrogen-bond acceptors (Lipinski definition) is 2. The van der Waals surface area contributed by atoms with Crippen LogP contribution in [0.5, 0.6) is 0 Å². The van der Waals surface area contributed by atoms with Gasteiger partial charge < -0.3 is 0 Å². The molecule has 0 unspecified atom stereocenters. The summed E-state index contributed by atoms with van der Waals surface area (Å²) in [5.41, 5.74) is 2.04. The van der Waals surface area contributed by atoms with Crippen LogP contribution in [0.15, 0.2) is 59.5 Å². The Labute approximate surface area is 112 Å². The van der Waals surface area contributed by atoms with Gasteiger partial charge in [0.1, 0.15) is 0 Å². The molecular formula is C16H16OS. The highest BCUT2D eigenvalue weighted by molar-refractivity contribution is 8.14. The SMILES string of the molecule is CC(C)c1ccc(SC(=O)c2ccccc2)cc1. The first-order chi connectivity index (χ1) is 8.66. The van der Waals surface area contributed by atoms with Gasteiger partial charge in [0, 0.05) is 10.5 Å². The second kappa shape index (κ2) is 5.87. The molecule has 2 aromatic rings. The molecule has 0 spiro atoms. The Kier molecular flexibility index (Phi) is 4.21. The summed E-state index contributed by atoms with van der Waals surface area (Å²) in [6, 6.07) is 17.6. The van der Waals surface area contributed by atoms with E-state index in [-0.39, 0.29) is 5.12 Å². The molecule has 0 heterocycles. The average Bonchev–Trinajstić information content (AvgIpc) is 2.40. The van der Waals surface area contributed by atoms with Crippen molar-refractivity contribution >= 4 is 16.9 Å². The standard InChI is InChI=1S/C16H16OS/c1-12(2)13-8-10-15(11-9-13)18-16(17)14-6-4-3-5-7-14/h3-12H,1-2H3. The predicted octanol–water partition coefficient (Wildman–Crippen LogP) is 4.74. The maximum absolute atomic E-state index is 12.0. The largest absolute Gasteiger partial charge is 0.281 e. The first-order valence-corrected chi connectivity index (χ1v) is 6.85. The smallest absolute Gasteiger partial charge is 0.224 e. The Balaban J connectivity index is 2.08. The third-order valence-electron chi connectivity index (χ3n) is 2.77. The van der Waals surface area contributed by atoms with Crippen molar-refractivity contribution in [2.45, 2.75) is 24.7 Å². The van der Waals surface area contributed by atoms with Gasteiger partial charge in [0.15, 0.2) is 0 Å². The summed E-state index contributed by atoms with van der Waals surface area (Å²) in [4.78, 5) is 13.0. The van der Waals surface area contributed by atoms with Gasteiger partial charge in [0.2, 0.25) is 5.12 Å². The maximum atomic E-state index is 12.0. The van der Waals surface area contributed by atoms with E-state index in [2.05, 4.69) is 26.0 Å². The monoisotopic (exact) mass is 256 g/mol. The molecule has 2 rings (SSSR count). The van der Waals surface area contributed by atoms with Gasteiger partial charge in [0.05, 0.1) is 0 Å². The van der Waals surface area contributed by atoms with E-state index < -0.39 is 0 Å². The Morgan fingerprint density at radius 2 is 1.56 bits per heavy atom. The molecule has 0 saturated carbocycles. The van der Waals surface area contributed by atoms with Crippen LogP contribution in [-0.2, 0) is 0 Å². The quantitative estimate of drug-likeness (QED) is 0.738. The van der Waals surface area contributed by atoms with Gasteiger partial charge in [-0.05, 0) is 35.4 Å². The average molecular weight is 256 g/mol. The summed E-state index contributed by atoms with van der Waals surface area (Å²) >= 11 is 1.28. The van der Waals surface area contributed by atoms with Crippen LogP contribution >= 0.6 is 11.8 Å². The molecule has 0 radical (unpaired) electrons. The topological polar surface area (TPSA) is 17.1 Å². The van der Waals surface area contributed by atoms with E-state index in [0.29, 0.717) is 5.92 Å². The highest BCUT2D eigenvalue weighted by Gasteiger charge is 2.07. The van der Waals surface area contributed by atoms with Gasteiger partial charge in [-0.2, -0.15) is 0 Å². The number of carbonyl (C=O) groups is 1. The van der Waals surface area contributed by atoms with Crippen molar-refractivity contribution in [3.05, 3.63) is 65.7 Å². The van der Waals surface area contributed by atoms with Crippen LogP contribution in [0.3, 0.4) is 0 Å². The second-order valence-corrected chi connectivity index (χ2v) is 5.53. The summed E-state index contributed by atoms with van der Waals surface area (Å²) in [5.74, 6) is 0.522. The van der Waals surface area contributed by atoms with Crippen LogP contribution < -0.4 is 0 Å². The minimum atomic E-state index is 0.0906. The van der Waals surface area contributed by atoms with Gasteiger partial charge in [-0.1, -0.05) is 56.3 Å². The lowest BCUT2D eigenvalue weighted by molar-refractivity contribution is 0.108. The van der Waals surface area contributed by atoms with Crippen LogP contribution in [0.2, 0.25) is 0 Å². The van der Waals surface area contributed by atoms with Gasteiger partial charge in [0.25, 0.3) is 0 Å². The molecule has 0 bridgehead atoms. The van der Waals surface area contributed by atoms with Crippen molar-refractivity contribution < 1.29 is 4.79 Å². The zero-order valence-corrected chi connectivity index (χ0v) is 11.4. The Bertz CT molecular complexity index is 515. The van der Waals surface area contributed by atoms with E-state index >= 15 is 0 Å². The van der Waals surface area contributed by atoms with Crippen LogP contribution in [0.1, 0.15) is 35.7 Å². The molecule has 0 aromatic heterocycles.